The largest absolute Gasteiger partial charge is 0.394 e. The summed E-state index contributed by atoms with van der Waals surface area (Å²) in [5.41, 5.74) is 2.56. The predicted octanol–water partition coefficient (Wildman–Crippen LogP) is 3.93. The van der Waals surface area contributed by atoms with Crippen LogP contribution in [-0.4, -0.2) is 29.5 Å². The summed E-state index contributed by atoms with van der Waals surface area (Å²) >= 11 is 1.92. The lowest BCUT2D eigenvalue weighted by Crippen LogP contribution is -2.46. The maximum absolute atomic E-state index is 9.53. The van der Waals surface area contributed by atoms with Crippen molar-refractivity contribution in [2.45, 2.75) is 57.4 Å². The summed E-state index contributed by atoms with van der Waals surface area (Å²) in [5, 5.41) is 13.0. The van der Waals surface area contributed by atoms with Crippen LogP contribution in [0.4, 0.5) is 0 Å². The zero-order chi connectivity index (χ0) is 15.0. The van der Waals surface area contributed by atoms with Gasteiger partial charge in [-0.25, -0.2) is 0 Å². The summed E-state index contributed by atoms with van der Waals surface area (Å²) in [7, 11) is 0. The highest BCUT2D eigenvalue weighted by Crippen LogP contribution is 2.25. The smallest absolute Gasteiger partial charge is 0.0610 e. The number of aliphatic hydroxyl groups is 1. The van der Waals surface area contributed by atoms with Gasteiger partial charge in [0.25, 0.3) is 0 Å². The van der Waals surface area contributed by atoms with Crippen LogP contribution in [0.5, 0.6) is 0 Å². The predicted molar refractivity (Wildman–Crippen MR) is 89.7 cm³/mol. The molecule has 3 heteroatoms. The minimum Gasteiger partial charge on any atom is -0.394 e. The lowest BCUT2D eigenvalue weighted by molar-refractivity contribution is 0.165. The van der Waals surface area contributed by atoms with Gasteiger partial charge in [-0.1, -0.05) is 24.6 Å². The van der Waals surface area contributed by atoms with Gasteiger partial charge in [0.2, 0.25) is 0 Å². The molecule has 0 radical (unpaired) electrons. The van der Waals surface area contributed by atoms with Crippen LogP contribution in [0.3, 0.4) is 0 Å². The van der Waals surface area contributed by atoms with Crippen molar-refractivity contribution in [3.8, 4) is 0 Å². The first kappa shape index (κ1) is 17.5. The standard InChI is InChI=1S/C17H29NOS/c1-5-10-18-17(4,13-19)9-6-11-20-16-8-7-14(2)12-15(16)3/h7-8,12,18-19H,5-6,9-11,13H2,1-4H3. The van der Waals surface area contributed by atoms with Crippen molar-refractivity contribution in [2.24, 2.45) is 0 Å². The Kier molecular flexibility index (Phi) is 7.63. The summed E-state index contributed by atoms with van der Waals surface area (Å²) in [6.45, 7) is 9.76. The minimum absolute atomic E-state index is 0.126. The van der Waals surface area contributed by atoms with E-state index in [4.69, 9.17) is 0 Å². The monoisotopic (exact) mass is 295 g/mol. The summed E-state index contributed by atoms with van der Waals surface area (Å²) in [6, 6.07) is 6.63. The van der Waals surface area contributed by atoms with Crippen molar-refractivity contribution in [2.75, 3.05) is 18.9 Å². The summed E-state index contributed by atoms with van der Waals surface area (Å²) in [6.07, 6.45) is 3.24. The Bertz CT molecular complexity index is 408. The molecule has 0 saturated heterocycles. The molecule has 1 unspecified atom stereocenters. The van der Waals surface area contributed by atoms with Crippen LogP contribution in [0.1, 0.15) is 44.2 Å². The van der Waals surface area contributed by atoms with Gasteiger partial charge in [0.05, 0.1) is 6.61 Å². The van der Waals surface area contributed by atoms with E-state index < -0.39 is 0 Å². The van der Waals surface area contributed by atoms with Crippen molar-refractivity contribution in [1.82, 2.24) is 5.32 Å². The molecule has 0 aliphatic rings. The molecule has 0 aliphatic heterocycles. The maximum Gasteiger partial charge on any atom is 0.0610 e. The van der Waals surface area contributed by atoms with E-state index in [9.17, 15) is 5.11 Å². The molecule has 0 aromatic heterocycles. The molecule has 1 atom stereocenters. The first-order valence-corrected chi connectivity index (χ1v) is 8.55. The SMILES string of the molecule is CCCNC(C)(CO)CCCSc1ccc(C)cc1C. The summed E-state index contributed by atoms with van der Waals surface area (Å²) in [5.74, 6) is 1.10. The van der Waals surface area contributed by atoms with E-state index in [-0.39, 0.29) is 12.1 Å². The molecule has 0 amide bonds. The fourth-order valence-electron chi connectivity index (χ4n) is 2.26. The van der Waals surface area contributed by atoms with E-state index in [0.29, 0.717) is 0 Å². The molecule has 114 valence electrons. The number of aliphatic hydroxyl groups excluding tert-OH is 1. The first-order chi connectivity index (χ1) is 9.50. The van der Waals surface area contributed by atoms with Crippen LogP contribution in [0.15, 0.2) is 23.1 Å². The average molecular weight is 295 g/mol. The number of nitrogens with one attached hydrogen (secondary N) is 1. The van der Waals surface area contributed by atoms with E-state index in [1.165, 1.54) is 16.0 Å². The van der Waals surface area contributed by atoms with E-state index in [1.54, 1.807) is 0 Å². The second-order valence-electron chi connectivity index (χ2n) is 5.87. The van der Waals surface area contributed by atoms with E-state index in [0.717, 1.165) is 31.6 Å². The fourth-order valence-corrected chi connectivity index (χ4v) is 3.22. The quantitative estimate of drug-likeness (QED) is 0.535. The molecule has 0 saturated carbocycles. The number of hydrogen-bond acceptors (Lipinski definition) is 3. The molecular formula is C17H29NOS. The fraction of sp³-hybridized carbons (Fsp3) is 0.647. The molecule has 0 bridgehead atoms. The number of aryl methyl sites for hydroxylation is 2. The number of thioether (sulfide) groups is 1. The second kappa shape index (κ2) is 8.71. The van der Waals surface area contributed by atoms with Crippen LogP contribution in [0.25, 0.3) is 0 Å². The topological polar surface area (TPSA) is 32.3 Å². The third kappa shape index (κ3) is 5.86. The maximum atomic E-state index is 9.53. The first-order valence-electron chi connectivity index (χ1n) is 7.56. The summed E-state index contributed by atoms with van der Waals surface area (Å²) < 4.78 is 0. The molecule has 2 N–H and O–H groups in total. The van der Waals surface area contributed by atoms with E-state index in [2.05, 4.69) is 51.2 Å². The van der Waals surface area contributed by atoms with E-state index >= 15 is 0 Å². The number of benzene rings is 1. The normalized spacial score (nSPS) is 14.2. The van der Waals surface area contributed by atoms with Crippen molar-refractivity contribution in [3.05, 3.63) is 29.3 Å². The van der Waals surface area contributed by atoms with Gasteiger partial charge in [-0.15, -0.1) is 11.8 Å². The Morgan fingerprint density at radius 2 is 2.05 bits per heavy atom. The Morgan fingerprint density at radius 1 is 1.30 bits per heavy atom. The summed E-state index contributed by atoms with van der Waals surface area (Å²) in [4.78, 5) is 1.38. The zero-order valence-corrected chi connectivity index (χ0v) is 14.1. The zero-order valence-electron chi connectivity index (χ0n) is 13.3. The van der Waals surface area contributed by atoms with Crippen molar-refractivity contribution < 1.29 is 5.11 Å². The number of rotatable bonds is 9. The van der Waals surface area contributed by atoms with Gasteiger partial charge in [0, 0.05) is 10.4 Å². The van der Waals surface area contributed by atoms with Crippen LogP contribution in [0, 0.1) is 13.8 Å². The minimum atomic E-state index is -0.126. The van der Waals surface area contributed by atoms with Crippen LogP contribution < -0.4 is 5.32 Å². The van der Waals surface area contributed by atoms with Crippen LogP contribution >= 0.6 is 11.8 Å². The van der Waals surface area contributed by atoms with E-state index in [1.807, 2.05) is 11.8 Å². The van der Waals surface area contributed by atoms with Gasteiger partial charge in [-0.05, 0) is 64.0 Å². The van der Waals surface area contributed by atoms with Crippen LogP contribution in [0.2, 0.25) is 0 Å². The lowest BCUT2D eigenvalue weighted by atomic mass is 9.97. The van der Waals surface area contributed by atoms with Gasteiger partial charge in [-0.2, -0.15) is 0 Å². The Morgan fingerprint density at radius 3 is 2.65 bits per heavy atom. The third-order valence-corrected chi connectivity index (χ3v) is 4.87. The molecule has 0 heterocycles. The van der Waals surface area contributed by atoms with Crippen LogP contribution in [-0.2, 0) is 0 Å². The average Bonchev–Trinajstić information content (AvgIpc) is 2.43. The third-order valence-electron chi connectivity index (χ3n) is 3.61. The Hall–Kier alpha value is -0.510. The molecular weight excluding hydrogens is 266 g/mol. The highest BCUT2D eigenvalue weighted by Gasteiger charge is 2.21. The molecule has 1 rings (SSSR count). The van der Waals surface area contributed by atoms with Gasteiger partial charge in [0.15, 0.2) is 0 Å². The molecule has 1 aromatic rings. The van der Waals surface area contributed by atoms with Gasteiger partial charge in [0.1, 0.15) is 0 Å². The number of hydrogen-bond donors (Lipinski definition) is 2. The highest BCUT2D eigenvalue weighted by atomic mass is 32.2. The Balaban J connectivity index is 2.36. The molecule has 0 aliphatic carbocycles. The van der Waals surface area contributed by atoms with Crippen molar-refractivity contribution in [1.29, 1.82) is 0 Å². The van der Waals surface area contributed by atoms with Gasteiger partial charge >= 0.3 is 0 Å². The molecule has 0 spiro atoms. The Labute approximate surface area is 128 Å². The van der Waals surface area contributed by atoms with Gasteiger partial charge < -0.3 is 10.4 Å². The molecule has 20 heavy (non-hydrogen) atoms. The lowest BCUT2D eigenvalue weighted by Gasteiger charge is -2.28. The van der Waals surface area contributed by atoms with Crippen molar-refractivity contribution >= 4 is 11.8 Å². The molecule has 1 aromatic carbocycles. The van der Waals surface area contributed by atoms with Gasteiger partial charge in [-0.3, -0.25) is 0 Å². The molecule has 0 fully saturated rings. The van der Waals surface area contributed by atoms with Crippen molar-refractivity contribution in [3.63, 3.8) is 0 Å². The molecule has 2 nitrogen and oxygen atoms in total. The highest BCUT2D eigenvalue weighted by molar-refractivity contribution is 7.99. The second-order valence-corrected chi connectivity index (χ2v) is 7.00.